The molecule has 28 heavy (non-hydrogen) atoms. The number of halogens is 1. The predicted molar refractivity (Wildman–Crippen MR) is 104 cm³/mol. The second kappa shape index (κ2) is 8.10. The summed E-state index contributed by atoms with van der Waals surface area (Å²) >= 11 is 5.86. The number of nitrogens with zero attached hydrogens (tertiary/aromatic N) is 3. The van der Waals surface area contributed by atoms with E-state index in [9.17, 15) is 14.4 Å². The fourth-order valence-corrected chi connectivity index (χ4v) is 2.64. The van der Waals surface area contributed by atoms with Crippen molar-refractivity contribution in [1.82, 2.24) is 19.7 Å². The molecule has 0 fully saturated rings. The van der Waals surface area contributed by atoms with Crippen LogP contribution in [0.4, 0.5) is 0 Å². The highest BCUT2D eigenvalue weighted by Gasteiger charge is 2.18. The van der Waals surface area contributed by atoms with Gasteiger partial charge in [-0.25, -0.2) is 4.79 Å². The van der Waals surface area contributed by atoms with E-state index in [0.717, 1.165) is 14.8 Å². The molecule has 0 aliphatic rings. The molecule has 144 valence electrons. The minimum Gasteiger partial charge on any atom is -0.497 e. The van der Waals surface area contributed by atoms with Gasteiger partial charge in [-0.3, -0.25) is 14.2 Å². The number of rotatable bonds is 5. The molecule has 0 saturated carbocycles. The lowest BCUT2D eigenvalue weighted by Gasteiger charge is -2.10. The fourth-order valence-electron chi connectivity index (χ4n) is 2.51. The average molecular weight is 401 g/mol. The molecule has 8 nitrogen and oxygen atoms in total. The Morgan fingerprint density at radius 3 is 2.57 bits per heavy atom. The van der Waals surface area contributed by atoms with Crippen LogP contribution in [0.15, 0.2) is 58.1 Å². The summed E-state index contributed by atoms with van der Waals surface area (Å²) < 4.78 is 6.96. The van der Waals surface area contributed by atoms with Crippen molar-refractivity contribution in [3.05, 3.63) is 85.6 Å². The van der Waals surface area contributed by atoms with Gasteiger partial charge < -0.3 is 10.1 Å². The summed E-state index contributed by atoms with van der Waals surface area (Å²) in [4.78, 5) is 37.3. The van der Waals surface area contributed by atoms with Crippen LogP contribution in [0.2, 0.25) is 5.02 Å². The molecule has 0 saturated heterocycles. The highest BCUT2D eigenvalue weighted by Crippen LogP contribution is 2.13. The summed E-state index contributed by atoms with van der Waals surface area (Å²) in [5.41, 5.74) is -0.669. The van der Waals surface area contributed by atoms with Crippen LogP contribution in [0.25, 0.3) is 5.69 Å². The van der Waals surface area contributed by atoms with E-state index in [-0.39, 0.29) is 12.2 Å². The number of aromatic nitrogens is 3. The first-order chi connectivity index (χ1) is 13.4. The molecule has 3 aromatic rings. The van der Waals surface area contributed by atoms with Crippen LogP contribution in [-0.4, -0.2) is 27.4 Å². The zero-order chi connectivity index (χ0) is 20.3. The molecule has 0 radical (unpaired) electrons. The standard InChI is InChI=1S/C19H17ClN4O4/c1-23-18(26)16(17(25)21-11-12-4-3-5-15(10-12)28-2)22-24(19(23)27)14-8-6-13(20)7-9-14/h3-10H,11H2,1-2H3,(H,21,25). The smallest absolute Gasteiger partial charge is 0.351 e. The molecule has 2 aromatic carbocycles. The molecule has 3 rings (SSSR count). The van der Waals surface area contributed by atoms with E-state index < -0.39 is 17.2 Å². The second-order valence-corrected chi connectivity index (χ2v) is 6.35. The van der Waals surface area contributed by atoms with E-state index in [4.69, 9.17) is 16.3 Å². The van der Waals surface area contributed by atoms with Crippen LogP contribution in [0.3, 0.4) is 0 Å². The number of hydrogen-bond acceptors (Lipinski definition) is 5. The Balaban J connectivity index is 1.92. The van der Waals surface area contributed by atoms with E-state index >= 15 is 0 Å². The van der Waals surface area contributed by atoms with E-state index in [1.807, 2.05) is 6.07 Å². The molecule has 1 amide bonds. The van der Waals surface area contributed by atoms with Gasteiger partial charge in [-0.2, -0.15) is 9.78 Å². The number of benzene rings is 2. The largest absolute Gasteiger partial charge is 0.497 e. The van der Waals surface area contributed by atoms with Crippen molar-refractivity contribution in [1.29, 1.82) is 0 Å². The molecule has 0 atom stereocenters. The molecule has 0 bridgehead atoms. The van der Waals surface area contributed by atoms with Crippen molar-refractivity contribution < 1.29 is 9.53 Å². The Bertz CT molecular complexity index is 1140. The van der Waals surface area contributed by atoms with Gasteiger partial charge in [-0.1, -0.05) is 23.7 Å². The van der Waals surface area contributed by atoms with Gasteiger partial charge >= 0.3 is 5.69 Å². The minimum absolute atomic E-state index is 0.168. The van der Waals surface area contributed by atoms with Gasteiger partial charge in [0.2, 0.25) is 5.69 Å². The number of amides is 1. The number of hydrogen-bond donors (Lipinski definition) is 1. The Kier molecular flexibility index (Phi) is 5.60. The lowest BCUT2D eigenvalue weighted by Crippen LogP contribution is -2.44. The quantitative estimate of drug-likeness (QED) is 0.700. The highest BCUT2D eigenvalue weighted by atomic mass is 35.5. The molecule has 1 N–H and O–H groups in total. The summed E-state index contributed by atoms with van der Waals surface area (Å²) in [6, 6.07) is 13.4. The van der Waals surface area contributed by atoms with Crippen LogP contribution in [0.1, 0.15) is 16.1 Å². The average Bonchev–Trinajstić information content (AvgIpc) is 2.71. The van der Waals surface area contributed by atoms with Crippen LogP contribution >= 0.6 is 11.6 Å². The minimum atomic E-state index is -0.779. The summed E-state index contributed by atoms with van der Waals surface area (Å²) in [6.45, 7) is 0.168. The Labute approximate surface area is 165 Å². The molecule has 1 aromatic heterocycles. The van der Waals surface area contributed by atoms with Crippen LogP contribution < -0.4 is 21.3 Å². The first-order valence-corrected chi connectivity index (χ1v) is 8.66. The second-order valence-electron chi connectivity index (χ2n) is 5.92. The van der Waals surface area contributed by atoms with Crippen molar-refractivity contribution in [2.75, 3.05) is 7.11 Å². The maximum atomic E-state index is 12.5. The maximum Gasteiger partial charge on any atom is 0.351 e. The van der Waals surface area contributed by atoms with Gasteiger partial charge in [0.15, 0.2) is 0 Å². The third-order valence-electron chi connectivity index (χ3n) is 4.05. The Morgan fingerprint density at radius 1 is 1.18 bits per heavy atom. The molecular formula is C19H17ClN4O4. The van der Waals surface area contributed by atoms with Gasteiger partial charge in [0, 0.05) is 18.6 Å². The maximum absolute atomic E-state index is 12.5. The first-order valence-electron chi connectivity index (χ1n) is 8.28. The SMILES string of the molecule is COc1cccc(CNC(=O)c2nn(-c3ccc(Cl)cc3)c(=O)n(C)c2=O)c1. The molecule has 9 heteroatoms. The van der Waals surface area contributed by atoms with Crippen molar-refractivity contribution in [3.8, 4) is 11.4 Å². The number of carbonyl (C=O) groups is 1. The molecule has 1 heterocycles. The topological polar surface area (TPSA) is 95.2 Å². The summed E-state index contributed by atoms with van der Waals surface area (Å²) in [5.74, 6) is -0.0387. The van der Waals surface area contributed by atoms with Gasteiger partial charge in [-0.05, 0) is 42.0 Å². The lowest BCUT2D eigenvalue weighted by atomic mass is 10.2. The monoisotopic (exact) mass is 400 g/mol. The highest BCUT2D eigenvalue weighted by molar-refractivity contribution is 6.30. The van der Waals surface area contributed by atoms with Gasteiger partial charge in [-0.15, -0.1) is 0 Å². The van der Waals surface area contributed by atoms with Crippen molar-refractivity contribution in [2.24, 2.45) is 7.05 Å². The summed E-state index contributed by atoms with van der Waals surface area (Å²) in [5, 5.41) is 7.09. The molecule has 0 aliphatic carbocycles. The van der Waals surface area contributed by atoms with Crippen LogP contribution in [-0.2, 0) is 13.6 Å². The third-order valence-corrected chi connectivity index (χ3v) is 4.30. The van der Waals surface area contributed by atoms with E-state index in [1.54, 1.807) is 49.6 Å². The summed E-state index contributed by atoms with van der Waals surface area (Å²) in [7, 11) is 2.84. The van der Waals surface area contributed by atoms with Crippen molar-refractivity contribution in [3.63, 3.8) is 0 Å². The molecule has 0 spiro atoms. The summed E-state index contributed by atoms with van der Waals surface area (Å²) in [6.07, 6.45) is 0. The van der Waals surface area contributed by atoms with Crippen LogP contribution in [0.5, 0.6) is 5.75 Å². The zero-order valence-electron chi connectivity index (χ0n) is 15.2. The zero-order valence-corrected chi connectivity index (χ0v) is 15.9. The number of nitrogens with one attached hydrogen (secondary N) is 1. The molecule has 0 unspecified atom stereocenters. The normalized spacial score (nSPS) is 10.5. The fraction of sp³-hybridized carbons (Fsp3) is 0.158. The number of methoxy groups -OCH3 is 1. The first kappa shape index (κ1) is 19.4. The van der Waals surface area contributed by atoms with Crippen LogP contribution in [0, 0.1) is 0 Å². The Morgan fingerprint density at radius 2 is 1.89 bits per heavy atom. The third kappa shape index (κ3) is 3.96. The van der Waals surface area contributed by atoms with E-state index in [2.05, 4.69) is 10.4 Å². The number of ether oxygens (including phenoxy) is 1. The van der Waals surface area contributed by atoms with E-state index in [0.29, 0.717) is 16.5 Å². The number of carbonyl (C=O) groups excluding carboxylic acids is 1. The van der Waals surface area contributed by atoms with Gasteiger partial charge in [0.25, 0.3) is 11.5 Å². The van der Waals surface area contributed by atoms with Crippen molar-refractivity contribution in [2.45, 2.75) is 6.54 Å². The van der Waals surface area contributed by atoms with E-state index in [1.165, 1.54) is 7.05 Å². The molecule has 0 aliphatic heterocycles. The Hall–Kier alpha value is -3.39. The predicted octanol–water partition coefficient (Wildman–Crippen LogP) is 1.52. The van der Waals surface area contributed by atoms with Gasteiger partial charge in [0.05, 0.1) is 12.8 Å². The van der Waals surface area contributed by atoms with Gasteiger partial charge in [0.1, 0.15) is 5.75 Å². The molecular weight excluding hydrogens is 384 g/mol. The van der Waals surface area contributed by atoms with Crippen molar-refractivity contribution >= 4 is 17.5 Å². The lowest BCUT2D eigenvalue weighted by molar-refractivity contribution is 0.0941.